The second-order valence-corrected chi connectivity index (χ2v) is 3.09. The first kappa shape index (κ1) is 16.2. The van der Waals surface area contributed by atoms with Crippen molar-refractivity contribution in [3.8, 4) is 5.75 Å². The van der Waals surface area contributed by atoms with Crippen LogP contribution in [0.3, 0.4) is 0 Å². The summed E-state index contributed by atoms with van der Waals surface area (Å²) < 4.78 is 0. The number of para-hydroxylation sites is 1. The van der Waals surface area contributed by atoms with Crippen molar-refractivity contribution in [1.82, 2.24) is 0 Å². The Kier molecular flexibility index (Phi) is 10.7. The van der Waals surface area contributed by atoms with E-state index in [2.05, 4.69) is 6.92 Å². The number of rotatable bonds is 4. The van der Waals surface area contributed by atoms with Crippen LogP contribution in [0.4, 0.5) is 0 Å². The van der Waals surface area contributed by atoms with Gasteiger partial charge in [-0.1, -0.05) is 38.0 Å². The molecule has 85 valence electrons. The van der Waals surface area contributed by atoms with E-state index in [1.165, 1.54) is 19.3 Å². The van der Waals surface area contributed by atoms with Crippen LogP contribution in [0.2, 0.25) is 0 Å². The van der Waals surface area contributed by atoms with E-state index >= 15 is 0 Å². The van der Waals surface area contributed by atoms with Crippen LogP contribution in [0.25, 0.3) is 0 Å². The van der Waals surface area contributed by atoms with Gasteiger partial charge in [-0.2, -0.15) is 0 Å². The number of phenols is 1. The first-order chi connectivity index (χ1) is 5.84. The molecule has 0 amide bonds. The number of hydrogen-bond donors (Lipinski definition) is 1. The molecule has 0 fully saturated rings. The molecule has 1 aromatic rings. The van der Waals surface area contributed by atoms with Crippen LogP contribution in [-0.4, -0.2) is 10.6 Å². The topological polar surface area (TPSA) is 51.7 Å². The predicted molar refractivity (Wildman–Crippen MR) is 54.9 cm³/mol. The summed E-state index contributed by atoms with van der Waals surface area (Å²) in [5, 5.41) is 9.41. The largest absolute Gasteiger partial charge is 0.508 e. The summed E-state index contributed by atoms with van der Waals surface area (Å²) in [6, 6.07) is 7.58. The van der Waals surface area contributed by atoms with Crippen LogP contribution in [0.5, 0.6) is 5.75 Å². The van der Waals surface area contributed by atoms with Gasteiger partial charge in [0, 0.05) is 22.4 Å². The summed E-state index contributed by atoms with van der Waals surface area (Å²) in [7, 11) is 0. The third-order valence-corrected chi connectivity index (χ3v) is 2.04. The van der Waals surface area contributed by atoms with Crippen molar-refractivity contribution in [2.45, 2.75) is 32.6 Å². The van der Waals surface area contributed by atoms with Gasteiger partial charge in [-0.25, -0.2) is 0 Å². The zero-order chi connectivity index (χ0) is 8.81. The molecule has 2 nitrogen and oxygen atoms in total. The van der Waals surface area contributed by atoms with Crippen molar-refractivity contribution in [2.24, 2.45) is 0 Å². The summed E-state index contributed by atoms with van der Waals surface area (Å²) in [5.41, 5.74) is 1.07. The Hall–Kier alpha value is -0.280. The molecular weight excluding hydrogens is 361 g/mol. The molecule has 3 N–H and O–H groups in total. The third-order valence-electron chi connectivity index (χ3n) is 2.04. The molecule has 14 heavy (non-hydrogen) atoms. The van der Waals surface area contributed by atoms with Gasteiger partial charge >= 0.3 is 0 Å². The van der Waals surface area contributed by atoms with Crippen LogP contribution in [0, 0.1) is 0 Å². The smallest absolute Gasteiger partial charge is 0.118 e. The van der Waals surface area contributed by atoms with Gasteiger partial charge in [0.15, 0.2) is 0 Å². The predicted octanol–water partition coefficient (Wildman–Crippen LogP) is 2.30. The van der Waals surface area contributed by atoms with E-state index < -0.39 is 0 Å². The Morgan fingerprint density at radius 3 is 2.36 bits per heavy atom. The van der Waals surface area contributed by atoms with Crippen LogP contribution >= 0.6 is 0 Å². The van der Waals surface area contributed by atoms with Crippen LogP contribution in [0.15, 0.2) is 24.3 Å². The monoisotopic (exact) mass is 379 g/mol. The average Bonchev–Trinajstić information content (AvgIpc) is 2.09. The molecule has 0 aliphatic carbocycles. The Bertz CT molecular complexity index is 238. The molecule has 1 aromatic carbocycles. The summed E-state index contributed by atoms with van der Waals surface area (Å²) in [4.78, 5) is 0. The summed E-state index contributed by atoms with van der Waals surface area (Å²) >= 11 is 0. The minimum absolute atomic E-state index is 0. The number of aryl methyl sites for hydroxylation is 1. The molecule has 0 spiro atoms. The molecule has 1 rings (SSSR count). The van der Waals surface area contributed by atoms with Gasteiger partial charge in [0.05, 0.1) is 0 Å². The molecule has 0 heterocycles. The first-order valence-electron chi connectivity index (χ1n) is 4.61. The zero-order valence-electron chi connectivity index (χ0n) is 8.39. The van der Waals surface area contributed by atoms with Crippen molar-refractivity contribution in [1.29, 1.82) is 0 Å². The van der Waals surface area contributed by atoms with Crippen molar-refractivity contribution in [2.75, 3.05) is 0 Å². The molecule has 0 aliphatic rings. The fourth-order valence-electron chi connectivity index (χ4n) is 1.29. The van der Waals surface area contributed by atoms with E-state index in [-0.39, 0.29) is 27.9 Å². The van der Waals surface area contributed by atoms with Gasteiger partial charge in [0.1, 0.15) is 5.75 Å². The van der Waals surface area contributed by atoms with E-state index in [1.807, 2.05) is 18.2 Å². The van der Waals surface area contributed by atoms with E-state index in [0.717, 1.165) is 12.0 Å². The number of hydrogen-bond acceptors (Lipinski definition) is 1. The van der Waals surface area contributed by atoms with Gasteiger partial charge in [-0.3, -0.25) is 0 Å². The fourth-order valence-corrected chi connectivity index (χ4v) is 1.29. The molecule has 0 aliphatic heterocycles. The number of phenolic OH excluding ortho intramolecular Hbond substituents is 1. The molecule has 3 heteroatoms. The zero-order valence-corrected chi connectivity index (χ0v) is 10.6. The molecular formula is C11H18AuO2. The Morgan fingerprint density at radius 2 is 1.79 bits per heavy atom. The SMILES string of the molecule is CCCCCc1ccccc1O.O.[Au]. The van der Waals surface area contributed by atoms with Gasteiger partial charge in [0.25, 0.3) is 0 Å². The average molecular weight is 379 g/mol. The van der Waals surface area contributed by atoms with Crippen LogP contribution in [0.1, 0.15) is 31.7 Å². The van der Waals surface area contributed by atoms with Crippen molar-refractivity contribution in [3.05, 3.63) is 29.8 Å². The molecule has 1 radical (unpaired) electrons. The maximum atomic E-state index is 9.41. The Labute approximate surface area is 101 Å². The van der Waals surface area contributed by atoms with Crippen LogP contribution in [-0.2, 0) is 28.8 Å². The van der Waals surface area contributed by atoms with E-state index in [1.54, 1.807) is 6.07 Å². The first-order valence-corrected chi connectivity index (χ1v) is 4.61. The number of benzene rings is 1. The Balaban J connectivity index is 0. The standard InChI is InChI=1S/C11H16O.Au.H2O/c1-2-3-4-7-10-8-5-6-9-11(10)12;;/h5-6,8-9,12H,2-4,7H2,1H3;;1H2. The number of unbranched alkanes of at least 4 members (excludes halogenated alkanes) is 2. The fraction of sp³-hybridized carbons (Fsp3) is 0.455. The van der Waals surface area contributed by atoms with Crippen molar-refractivity contribution >= 4 is 0 Å². The summed E-state index contributed by atoms with van der Waals surface area (Å²) in [5.74, 6) is 0.439. The van der Waals surface area contributed by atoms with Crippen molar-refractivity contribution in [3.63, 3.8) is 0 Å². The maximum Gasteiger partial charge on any atom is 0.118 e. The van der Waals surface area contributed by atoms with E-state index in [9.17, 15) is 5.11 Å². The quantitative estimate of drug-likeness (QED) is 0.634. The number of aromatic hydroxyl groups is 1. The molecule has 0 saturated carbocycles. The second kappa shape index (κ2) is 9.28. The Morgan fingerprint density at radius 1 is 1.14 bits per heavy atom. The molecule has 0 saturated heterocycles. The van der Waals surface area contributed by atoms with Crippen molar-refractivity contribution < 1.29 is 33.0 Å². The van der Waals surface area contributed by atoms with E-state index in [0.29, 0.717) is 5.75 Å². The van der Waals surface area contributed by atoms with Gasteiger partial charge in [-0.05, 0) is 24.5 Å². The third kappa shape index (κ3) is 5.45. The minimum Gasteiger partial charge on any atom is -0.508 e. The van der Waals surface area contributed by atoms with Crippen LogP contribution < -0.4 is 0 Å². The summed E-state index contributed by atoms with van der Waals surface area (Å²) in [6.07, 6.45) is 4.65. The second-order valence-electron chi connectivity index (χ2n) is 3.09. The van der Waals surface area contributed by atoms with Gasteiger partial charge < -0.3 is 10.6 Å². The molecule has 0 atom stereocenters. The van der Waals surface area contributed by atoms with Gasteiger partial charge in [0.2, 0.25) is 0 Å². The van der Waals surface area contributed by atoms with Gasteiger partial charge in [-0.15, -0.1) is 0 Å². The summed E-state index contributed by atoms with van der Waals surface area (Å²) in [6.45, 7) is 2.19. The maximum absolute atomic E-state index is 9.41. The van der Waals surface area contributed by atoms with E-state index in [4.69, 9.17) is 0 Å². The molecule has 0 bridgehead atoms. The molecule has 0 aromatic heterocycles. The minimum atomic E-state index is 0. The normalized spacial score (nSPS) is 8.64. The molecule has 0 unspecified atom stereocenters.